The second-order valence-electron chi connectivity index (χ2n) is 13.0. The molecule has 0 aromatic heterocycles. The summed E-state index contributed by atoms with van der Waals surface area (Å²) in [6.45, 7) is 6.52. The molecule has 8 heteroatoms. The van der Waals surface area contributed by atoms with E-state index >= 15 is 0 Å². The molecule has 0 saturated heterocycles. The van der Waals surface area contributed by atoms with Gasteiger partial charge in [-0.1, -0.05) is 147 Å². The summed E-state index contributed by atoms with van der Waals surface area (Å²) in [5.41, 5.74) is 7.94. The van der Waals surface area contributed by atoms with Crippen molar-refractivity contribution in [3.8, 4) is 22.3 Å². The molecule has 268 valence electrons. The van der Waals surface area contributed by atoms with Crippen LogP contribution >= 0.6 is 50.3 Å². The van der Waals surface area contributed by atoms with Gasteiger partial charge in [0.05, 0.1) is 0 Å². The average molecular weight is 906 g/mol. The number of hydrogen-bond acceptors (Lipinski definition) is 0. The third-order valence-electron chi connectivity index (χ3n) is 9.09. The van der Waals surface area contributed by atoms with Gasteiger partial charge in [-0.25, -0.2) is 0 Å². The normalized spacial score (nSPS) is 10.9. The SMILES string of the molecule is C[Si]CCCC[Si](Cl)(Cl)Cl.Cc1cc2c(-c3cccc4ccccc34)cccc2[cH-]1.Cc1cc2c(-c3cccc4ccccc34)cccc2[cH-]1.[Cl][Zr+2][Cl]. The quantitative estimate of drug-likeness (QED) is 0.0647. The molecule has 2 radical (unpaired) electrons. The van der Waals surface area contributed by atoms with E-state index < -0.39 is 26.9 Å². The standard InChI is InChI=1S/2C20H15.C5H11Cl3Si2.2ClH.Zr/c2*1-14-12-16-8-5-11-19(20(16)13-14)18-10-4-7-15-6-2-3-9-17(15)18;1-9-4-2-3-5-10(6,7)8;;;/h2*2-13H,1H3;2-5H2,1H3;2*1H;/q2*-1;;;;+4/p-2. The molecule has 0 fully saturated rings. The maximum atomic E-state index is 5.68. The minimum atomic E-state index is -2.29. The van der Waals surface area contributed by atoms with Crippen molar-refractivity contribution < 1.29 is 20.8 Å². The van der Waals surface area contributed by atoms with Crippen LogP contribution in [0.15, 0.2) is 146 Å². The number of rotatable bonds is 7. The predicted molar refractivity (Wildman–Crippen MR) is 240 cm³/mol. The van der Waals surface area contributed by atoms with Crippen molar-refractivity contribution in [3.05, 3.63) is 157 Å². The molecule has 0 unspecified atom stereocenters. The molecule has 8 rings (SSSR count). The zero-order chi connectivity index (χ0) is 37.8. The molecule has 0 nitrogen and oxygen atoms in total. The zero-order valence-corrected chi connectivity index (χ0v) is 38.3. The Morgan fingerprint density at radius 1 is 0.528 bits per heavy atom. The van der Waals surface area contributed by atoms with Crippen LogP contribution in [0.5, 0.6) is 0 Å². The number of unbranched alkanes of at least 4 members (excludes halogenated alkanes) is 1. The average Bonchev–Trinajstić information content (AvgIpc) is 3.74. The summed E-state index contributed by atoms with van der Waals surface area (Å²) in [6.07, 6.45) is 2.30. The predicted octanol–water partition coefficient (Wildman–Crippen LogP) is 16.3. The van der Waals surface area contributed by atoms with Crippen LogP contribution in [-0.4, -0.2) is 15.5 Å². The van der Waals surface area contributed by atoms with Gasteiger partial charge in [-0.15, -0.1) is 102 Å². The maximum absolute atomic E-state index is 5.68. The Kier molecular flexibility index (Phi) is 16.4. The molecule has 8 aromatic rings. The van der Waals surface area contributed by atoms with Gasteiger partial charge in [-0.3, -0.25) is 0 Å². The number of fused-ring (bicyclic) bond motifs is 4. The fourth-order valence-corrected chi connectivity index (χ4v) is 9.24. The summed E-state index contributed by atoms with van der Waals surface area (Å²) in [5, 5.41) is 10.6. The molecule has 0 amide bonds. The van der Waals surface area contributed by atoms with Crippen molar-refractivity contribution in [1.29, 1.82) is 0 Å². The molecule has 0 spiro atoms. The van der Waals surface area contributed by atoms with Crippen molar-refractivity contribution in [3.63, 3.8) is 0 Å². The molecule has 0 N–H and O–H groups in total. The Morgan fingerprint density at radius 3 is 1.32 bits per heavy atom. The third kappa shape index (κ3) is 11.7. The summed E-state index contributed by atoms with van der Waals surface area (Å²) in [5.74, 6) is 0. The van der Waals surface area contributed by atoms with Gasteiger partial charge in [-0.2, -0.15) is 12.1 Å². The number of hydrogen-bond donors (Lipinski definition) is 0. The fourth-order valence-electron chi connectivity index (χ4n) is 6.79. The molecule has 0 heterocycles. The Labute approximate surface area is 350 Å². The van der Waals surface area contributed by atoms with Gasteiger partial charge >= 0.3 is 43.9 Å². The Bertz CT molecular complexity index is 2210. The van der Waals surface area contributed by atoms with Crippen molar-refractivity contribution >= 4 is 109 Å². The number of benzene rings is 6. The first kappa shape index (κ1) is 42.0. The van der Waals surface area contributed by atoms with Gasteiger partial charge in [0.15, 0.2) is 0 Å². The molecule has 0 aliphatic rings. The van der Waals surface area contributed by atoms with E-state index in [9.17, 15) is 0 Å². The van der Waals surface area contributed by atoms with E-state index in [0.717, 1.165) is 22.0 Å². The molecular weight excluding hydrogens is 865 g/mol. The molecule has 8 aromatic carbocycles. The zero-order valence-electron chi connectivity index (χ0n) is 30.1. The second-order valence-corrected chi connectivity index (χ2v) is 27.2. The van der Waals surface area contributed by atoms with Crippen LogP contribution in [0.25, 0.3) is 65.3 Å². The van der Waals surface area contributed by atoms with Crippen LogP contribution < -0.4 is 0 Å². The molecule has 0 bridgehead atoms. The van der Waals surface area contributed by atoms with Gasteiger partial charge in [0, 0.05) is 9.52 Å². The summed E-state index contributed by atoms with van der Waals surface area (Å²) in [7, 11) is 10.9. The van der Waals surface area contributed by atoms with Crippen molar-refractivity contribution in [2.45, 2.75) is 45.3 Å². The Hall–Kier alpha value is -2.17. The first-order valence-electron chi connectivity index (χ1n) is 17.6. The topological polar surface area (TPSA) is 0 Å². The fraction of sp³-hybridized carbons (Fsp3) is 0.156. The molecule has 0 aliphatic heterocycles. The molecule has 53 heavy (non-hydrogen) atoms. The van der Waals surface area contributed by atoms with E-state index in [2.05, 4.69) is 166 Å². The van der Waals surface area contributed by atoms with Gasteiger partial charge in [0.1, 0.15) is 0 Å². The van der Waals surface area contributed by atoms with Gasteiger partial charge in [0.2, 0.25) is 0 Å². The van der Waals surface area contributed by atoms with E-state index in [-0.39, 0.29) is 0 Å². The molecular formula is C45H41Cl5Si2Zr. The summed E-state index contributed by atoms with van der Waals surface area (Å²) in [4.78, 5) is 0. The van der Waals surface area contributed by atoms with Crippen LogP contribution in [-0.2, 0) is 20.8 Å². The Balaban J connectivity index is 0.000000156. The van der Waals surface area contributed by atoms with Crippen LogP contribution in [0.3, 0.4) is 0 Å². The summed E-state index contributed by atoms with van der Waals surface area (Å²) in [6, 6.07) is 52.3. The van der Waals surface area contributed by atoms with Crippen LogP contribution in [0.1, 0.15) is 24.0 Å². The van der Waals surface area contributed by atoms with Crippen molar-refractivity contribution in [2.75, 3.05) is 0 Å². The third-order valence-corrected chi connectivity index (χ3v) is 12.6. The van der Waals surface area contributed by atoms with Crippen LogP contribution in [0, 0.1) is 13.8 Å². The van der Waals surface area contributed by atoms with E-state index in [4.69, 9.17) is 50.3 Å². The minimum absolute atomic E-state index is 0.822. The second kappa shape index (κ2) is 20.7. The van der Waals surface area contributed by atoms with Crippen molar-refractivity contribution in [1.82, 2.24) is 0 Å². The van der Waals surface area contributed by atoms with Gasteiger partial charge < -0.3 is 0 Å². The van der Waals surface area contributed by atoms with Crippen LogP contribution in [0.2, 0.25) is 18.6 Å². The molecule has 0 aliphatic carbocycles. The monoisotopic (exact) mass is 902 g/mol. The number of aryl methyl sites for hydroxylation is 2. The molecule has 0 atom stereocenters. The first-order valence-corrected chi connectivity index (χ1v) is 30.9. The van der Waals surface area contributed by atoms with Crippen molar-refractivity contribution in [2.24, 2.45) is 0 Å². The number of halogens is 5. The first-order chi connectivity index (χ1) is 25.6. The summed E-state index contributed by atoms with van der Waals surface area (Å²) < 4.78 is 0. The Morgan fingerprint density at radius 2 is 0.906 bits per heavy atom. The summed E-state index contributed by atoms with van der Waals surface area (Å²) >= 11 is 16.2. The van der Waals surface area contributed by atoms with Crippen LogP contribution in [0.4, 0.5) is 0 Å². The molecule has 0 saturated carbocycles. The van der Waals surface area contributed by atoms with Gasteiger partial charge in [0.25, 0.3) is 0 Å². The van der Waals surface area contributed by atoms with E-state index in [0.29, 0.717) is 0 Å². The van der Waals surface area contributed by atoms with E-state index in [1.54, 1.807) is 0 Å². The van der Waals surface area contributed by atoms with E-state index in [1.165, 1.54) is 88.9 Å². The van der Waals surface area contributed by atoms with E-state index in [1.807, 2.05) is 0 Å². The van der Waals surface area contributed by atoms with Gasteiger partial charge in [-0.05, 0) is 38.7 Å².